The summed E-state index contributed by atoms with van der Waals surface area (Å²) in [7, 11) is 0. The summed E-state index contributed by atoms with van der Waals surface area (Å²) in [5.74, 6) is -1.16. The van der Waals surface area contributed by atoms with Crippen LogP contribution in [-0.2, 0) is 9.59 Å². The van der Waals surface area contributed by atoms with Crippen LogP contribution in [0.5, 0.6) is 0 Å². The van der Waals surface area contributed by atoms with Crippen LogP contribution in [-0.4, -0.2) is 46.6 Å². The van der Waals surface area contributed by atoms with Crippen LogP contribution in [0, 0.1) is 5.92 Å². The smallest absolute Gasteiger partial charge is 0.308 e. The van der Waals surface area contributed by atoms with Crippen LogP contribution in [0.4, 0.5) is 0 Å². The molecule has 2 unspecified atom stereocenters. The largest absolute Gasteiger partial charge is 0.481 e. The highest BCUT2D eigenvalue weighted by molar-refractivity contribution is 5.79. The van der Waals surface area contributed by atoms with E-state index in [9.17, 15) is 9.59 Å². The fourth-order valence-electron chi connectivity index (χ4n) is 2.20. The number of carbonyl (C=O) groups is 2. The summed E-state index contributed by atoms with van der Waals surface area (Å²) in [4.78, 5) is 24.6. The molecule has 0 spiro atoms. The molecule has 5 nitrogen and oxygen atoms in total. The van der Waals surface area contributed by atoms with Gasteiger partial charge in [0.1, 0.15) is 0 Å². The zero-order valence-electron chi connectivity index (χ0n) is 11.0. The second-order valence-electron chi connectivity index (χ2n) is 5.74. The van der Waals surface area contributed by atoms with Crippen LogP contribution in [0.2, 0.25) is 0 Å². The first-order chi connectivity index (χ1) is 7.70. The molecule has 1 aliphatic rings. The van der Waals surface area contributed by atoms with E-state index in [4.69, 9.17) is 5.11 Å². The average Bonchev–Trinajstić information content (AvgIpc) is 2.44. The Balaban J connectivity index is 2.49. The van der Waals surface area contributed by atoms with Crippen molar-refractivity contribution < 1.29 is 14.7 Å². The molecule has 1 saturated heterocycles. The first-order valence-electron chi connectivity index (χ1n) is 5.98. The predicted octanol–water partition coefficient (Wildman–Crippen LogP) is 0.696. The third-order valence-electron chi connectivity index (χ3n) is 3.06. The van der Waals surface area contributed by atoms with Gasteiger partial charge in [-0.25, -0.2) is 0 Å². The molecule has 0 aromatic carbocycles. The zero-order valence-corrected chi connectivity index (χ0v) is 11.0. The van der Waals surface area contributed by atoms with Gasteiger partial charge in [-0.3, -0.25) is 14.5 Å². The second kappa shape index (κ2) is 5.04. The molecule has 17 heavy (non-hydrogen) atoms. The molecule has 0 saturated carbocycles. The van der Waals surface area contributed by atoms with E-state index in [1.807, 2.05) is 32.6 Å². The van der Waals surface area contributed by atoms with Crippen LogP contribution >= 0.6 is 0 Å². The van der Waals surface area contributed by atoms with Crippen molar-refractivity contribution in [2.45, 2.75) is 45.7 Å². The molecule has 1 fully saturated rings. The highest BCUT2D eigenvalue weighted by Gasteiger charge is 2.36. The Morgan fingerprint density at radius 1 is 1.41 bits per heavy atom. The number of hydrogen-bond donors (Lipinski definition) is 2. The summed E-state index contributed by atoms with van der Waals surface area (Å²) in [6.45, 7) is 8.61. The van der Waals surface area contributed by atoms with Gasteiger partial charge in [-0.1, -0.05) is 0 Å². The van der Waals surface area contributed by atoms with Crippen molar-refractivity contribution in [3.05, 3.63) is 0 Å². The molecule has 2 atom stereocenters. The molecule has 5 heteroatoms. The first-order valence-corrected chi connectivity index (χ1v) is 5.98. The highest BCUT2D eigenvalue weighted by Crippen LogP contribution is 2.23. The molecule has 0 aromatic rings. The molecule has 1 rings (SSSR count). The number of amides is 1. The topological polar surface area (TPSA) is 69.6 Å². The number of nitrogens with zero attached hydrogens (tertiary/aromatic N) is 1. The lowest BCUT2D eigenvalue weighted by molar-refractivity contribution is -0.142. The van der Waals surface area contributed by atoms with Gasteiger partial charge in [0.05, 0.1) is 12.5 Å². The van der Waals surface area contributed by atoms with Crippen molar-refractivity contribution in [3.8, 4) is 0 Å². The lowest BCUT2D eigenvalue weighted by atomic mass is 10.0. The van der Waals surface area contributed by atoms with E-state index in [1.54, 1.807) is 0 Å². The number of carboxylic acid groups (broad SMARTS) is 1. The minimum absolute atomic E-state index is 0.0459. The zero-order chi connectivity index (χ0) is 13.2. The normalized spacial score (nSPS) is 25.9. The second-order valence-corrected chi connectivity index (χ2v) is 5.74. The molecule has 0 aliphatic carbocycles. The third-order valence-corrected chi connectivity index (χ3v) is 3.06. The number of aliphatic carboxylic acids is 1. The van der Waals surface area contributed by atoms with E-state index in [1.165, 1.54) is 0 Å². The molecule has 0 radical (unpaired) electrons. The maximum Gasteiger partial charge on any atom is 0.308 e. The molecule has 0 aromatic heterocycles. The first kappa shape index (κ1) is 14.0. The molecule has 98 valence electrons. The van der Waals surface area contributed by atoms with Crippen molar-refractivity contribution in [1.29, 1.82) is 0 Å². The summed E-state index contributed by atoms with van der Waals surface area (Å²) in [6, 6.07) is -0.0711. The Hall–Kier alpha value is -1.10. The molecular weight excluding hydrogens is 220 g/mol. The van der Waals surface area contributed by atoms with E-state index in [0.29, 0.717) is 13.0 Å². The predicted molar refractivity (Wildman–Crippen MR) is 64.7 cm³/mol. The summed E-state index contributed by atoms with van der Waals surface area (Å²) < 4.78 is 0. The van der Waals surface area contributed by atoms with Gasteiger partial charge >= 0.3 is 5.97 Å². The lowest BCUT2D eigenvalue weighted by Crippen LogP contribution is -2.47. The van der Waals surface area contributed by atoms with E-state index < -0.39 is 5.97 Å². The Morgan fingerprint density at radius 3 is 2.41 bits per heavy atom. The van der Waals surface area contributed by atoms with Gasteiger partial charge in [-0.15, -0.1) is 0 Å². The van der Waals surface area contributed by atoms with Crippen LogP contribution in [0.25, 0.3) is 0 Å². The van der Waals surface area contributed by atoms with Crippen molar-refractivity contribution in [3.63, 3.8) is 0 Å². The van der Waals surface area contributed by atoms with Gasteiger partial charge in [0.25, 0.3) is 0 Å². The quantitative estimate of drug-likeness (QED) is 0.764. The molecular formula is C12H22N2O3. The third kappa shape index (κ3) is 4.00. The fraction of sp³-hybridized carbons (Fsp3) is 0.833. The Bertz CT molecular complexity index is 309. The van der Waals surface area contributed by atoms with Gasteiger partial charge < -0.3 is 10.4 Å². The van der Waals surface area contributed by atoms with Crippen LogP contribution < -0.4 is 5.32 Å². The molecule has 0 bridgehead atoms. The molecule has 1 aliphatic heterocycles. The van der Waals surface area contributed by atoms with E-state index in [-0.39, 0.29) is 30.0 Å². The molecule has 1 heterocycles. The summed E-state index contributed by atoms with van der Waals surface area (Å²) in [6.07, 6.45) is 0.624. The van der Waals surface area contributed by atoms with Gasteiger partial charge in [0.2, 0.25) is 5.91 Å². The number of carbonyl (C=O) groups excluding carboxylic acids is 1. The van der Waals surface area contributed by atoms with Crippen LogP contribution in [0.3, 0.4) is 0 Å². The van der Waals surface area contributed by atoms with Gasteiger partial charge in [0.15, 0.2) is 0 Å². The summed E-state index contributed by atoms with van der Waals surface area (Å²) in [5.41, 5.74) is -0.244. The SMILES string of the molecule is CC1C(C(=O)O)CCN1CC(=O)NC(C)(C)C. The number of hydrogen-bond acceptors (Lipinski definition) is 3. The van der Waals surface area contributed by atoms with E-state index >= 15 is 0 Å². The van der Waals surface area contributed by atoms with Crippen molar-refractivity contribution in [2.24, 2.45) is 5.92 Å². The Morgan fingerprint density at radius 2 is 2.00 bits per heavy atom. The van der Waals surface area contributed by atoms with Crippen molar-refractivity contribution in [2.75, 3.05) is 13.1 Å². The van der Waals surface area contributed by atoms with Gasteiger partial charge in [0, 0.05) is 11.6 Å². The molecule has 1 amide bonds. The fourth-order valence-corrected chi connectivity index (χ4v) is 2.20. The standard InChI is InChI=1S/C12H22N2O3/c1-8-9(11(16)17)5-6-14(8)7-10(15)13-12(2,3)4/h8-9H,5-7H2,1-4H3,(H,13,15)(H,16,17). The van der Waals surface area contributed by atoms with Crippen molar-refractivity contribution in [1.82, 2.24) is 10.2 Å². The van der Waals surface area contributed by atoms with E-state index in [0.717, 1.165) is 0 Å². The minimum atomic E-state index is -0.767. The minimum Gasteiger partial charge on any atom is -0.481 e. The van der Waals surface area contributed by atoms with Gasteiger partial charge in [-0.05, 0) is 40.7 Å². The average molecular weight is 242 g/mol. The summed E-state index contributed by atoms with van der Waals surface area (Å²) in [5, 5.41) is 11.9. The lowest BCUT2D eigenvalue weighted by Gasteiger charge is -2.26. The van der Waals surface area contributed by atoms with Crippen LogP contribution in [0.15, 0.2) is 0 Å². The Labute approximate surface area is 102 Å². The Kier molecular flexibility index (Phi) is 4.14. The number of rotatable bonds is 3. The number of nitrogens with one attached hydrogen (secondary N) is 1. The molecule has 2 N–H and O–H groups in total. The van der Waals surface area contributed by atoms with Crippen LogP contribution in [0.1, 0.15) is 34.1 Å². The van der Waals surface area contributed by atoms with Crippen molar-refractivity contribution >= 4 is 11.9 Å². The summed E-state index contributed by atoms with van der Waals surface area (Å²) >= 11 is 0. The number of carboxylic acids is 1. The number of likely N-dealkylation sites (tertiary alicyclic amines) is 1. The van der Waals surface area contributed by atoms with E-state index in [2.05, 4.69) is 5.32 Å². The maximum atomic E-state index is 11.7. The monoisotopic (exact) mass is 242 g/mol. The van der Waals surface area contributed by atoms with Gasteiger partial charge in [-0.2, -0.15) is 0 Å². The maximum absolute atomic E-state index is 11.7. The highest BCUT2D eigenvalue weighted by atomic mass is 16.4.